The third kappa shape index (κ3) is 2.12. The van der Waals surface area contributed by atoms with Crippen LogP contribution in [0.1, 0.15) is 38.5 Å². The maximum absolute atomic E-state index is 10.2. The van der Waals surface area contributed by atoms with Gasteiger partial charge in [-0.3, -0.25) is 0 Å². The number of allylic oxidation sites excluding steroid dienone is 2. The predicted octanol–water partition coefficient (Wildman–Crippen LogP) is 1.58. The highest BCUT2D eigenvalue weighted by Gasteiger charge is 2.37. The predicted molar refractivity (Wildman–Crippen MR) is 53.3 cm³/mol. The Morgan fingerprint density at radius 1 is 1.38 bits per heavy atom. The second-order valence-electron chi connectivity index (χ2n) is 4.74. The van der Waals surface area contributed by atoms with E-state index < -0.39 is 5.60 Å². The summed E-state index contributed by atoms with van der Waals surface area (Å²) in [5.41, 5.74) is 5.37. The van der Waals surface area contributed by atoms with E-state index in [9.17, 15) is 5.11 Å². The number of aliphatic hydroxyl groups is 1. The normalized spacial score (nSPS) is 40.3. The van der Waals surface area contributed by atoms with E-state index in [-0.39, 0.29) is 6.04 Å². The van der Waals surface area contributed by atoms with Gasteiger partial charge in [0.05, 0.1) is 5.60 Å². The van der Waals surface area contributed by atoms with Crippen molar-refractivity contribution in [2.45, 2.75) is 50.2 Å². The second kappa shape index (κ2) is 3.43. The molecule has 2 aliphatic rings. The summed E-state index contributed by atoms with van der Waals surface area (Å²) in [6.45, 7) is 0. The summed E-state index contributed by atoms with van der Waals surface area (Å²) in [4.78, 5) is 0. The van der Waals surface area contributed by atoms with Gasteiger partial charge in [-0.15, -0.1) is 0 Å². The summed E-state index contributed by atoms with van der Waals surface area (Å²) in [6, 6.07) is 0.236. The van der Waals surface area contributed by atoms with Gasteiger partial charge in [0, 0.05) is 6.04 Å². The van der Waals surface area contributed by atoms with Crippen LogP contribution in [0.4, 0.5) is 0 Å². The second-order valence-corrected chi connectivity index (χ2v) is 4.74. The van der Waals surface area contributed by atoms with E-state index in [1.54, 1.807) is 0 Å². The molecule has 2 atom stereocenters. The van der Waals surface area contributed by atoms with Gasteiger partial charge in [0.1, 0.15) is 0 Å². The maximum Gasteiger partial charge on any atom is 0.0666 e. The number of nitrogens with two attached hydrogens (primary N) is 1. The van der Waals surface area contributed by atoms with Crippen molar-refractivity contribution < 1.29 is 5.11 Å². The summed E-state index contributed by atoms with van der Waals surface area (Å²) in [5.74, 6) is 0.676. The molecule has 1 saturated carbocycles. The molecule has 2 heteroatoms. The summed E-state index contributed by atoms with van der Waals surface area (Å²) < 4.78 is 0. The van der Waals surface area contributed by atoms with Crippen molar-refractivity contribution >= 4 is 0 Å². The van der Waals surface area contributed by atoms with Crippen molar-refractivity contribution in [1.82, 2.24) is 0 Å². The van der Waals surface area contributed by atoms with Gasteiger partial charge < -0.3 is 10.8 Å². The molecule has 0 aromatic rings. The van der Waals surface area contributed by atoms with E-state index in [1.807, 2.05) is 0 Å². The first-order valence-electron chi connectivity index (χ1n) is 5.31. The van der Waals surface area contributed by atoms with E-state index in [0.29, 0.717) is 5.92 Å². The minimum atomic E-state index is -0.434. The highest BCUT2D eigenvalue weighted by atomic mass is 16.3. The average molecular weight is 181 g/mol. The highest BCUT2D eigenvalue weighted by Crippen LogP contribution is 2.37. The van der Waals surface area contributed by atoms with E-state index in [0.717, 1.165) is 38.5 Å². The van der Waals surface area contributed by atoms with Crippen molar-refractivity contribution in [2.24, 2.45) is 11.7 Å². The molecule has 2 aliphatic carbocycles. The molecular weight excluding hydrogens is 162 g/mol. The molecule has 0 aromatic heterocycles. The van der Waals surface area contributed by atoms with E-state index in [2.05, 4.69) is 12.2 Å². The van der Waals surface area contributed by atoms with Gasteiger partial charge in [-0.05, 0) is 44.4 Å². The Labute approximate surface area is 79.8 Å². The Morgan fingerprint density at radius 3 is 2.62 bits per heavy atom. The SMILES string of the molecule is NC1CCC(O)(CC2CC=CC2)C1. The van der Waals surface area contributed by atoms with Crippen LogP contribution in [0.3, 0.4) is 0 Å². The molecule has 0 saturated heterocycles. The number of hydrogen-bond donors (Lipinski definition) is 2. The molecule has 3 N–H and O–H groups in total. The molecule has 0 amide bonds. The first kappa shape index (κ1) is 9.22. The number of rotatable bonds is 2. The molecule has 74 valence electrons. The van der Waals surface area contributed by atoms with Crippen molar-refractivity contribution in [3.8, 4) is 0 Å². The summed E-state index contributed by atoms with van der Waals surface area (Å²) in [6.07, 6.45) is 10.4. The maximum atomic E-state index is 10.2. The lowest BCUT2D eigenvalue weighted by molar-refractivity contribution is 0.0225. The zero-order chi connectivity index (χ0) is 9.31. The topological polar surface area (TPSA) is 46.2 Å². The van der Waals surface area contributed by atoms with Crippen LogP contribution in [0.15, 0.2) is 12.2 Å². The molecule has 1 fully saturated rings. The van der Waals surface area contributed by atoms with Gasteiger partial charge >= 0.3 is 0 Å². The Balaban J connectivity index is 1.86. The standard InChI is InChI=1S/C11H19NO/c12-10-5-6-11(13,8-10)7-9-3-1-2-4-9/h1-2,9-10,13H,3-8,12H2. The lowest BCUT2D eigenvalue weighted by Crippen LogP contribution is -2.30. The lowest BCUT2D eigenvalue weighted by Gasteiger charge is -2.25. The molecule has 0 aromatic carbocycles. The quantitative estimate of drug-likeness (QED) is 0.635. The monoisotopic (exact) mass is 181 g/mol. The van der Waals surface area contributed by atoms with Crippen LogP contribution in [-0.4, -0.2) is 16.7 Å². The smallest absolute Gasteiger partial charge is 0.0666 e. The van der Waals surface area contributed by atoms with Crippen LogP contribution in [0, 0.1) is 5.92 Å². The number of hydrogen-bond acceptors (Lipinski definition) is 2. The van der Waals surface area contributed by atoms with Crippen LogP contribution >= 0.6 is 0 Å². The van der Waals surface area contributed by atoms with Crippen LogP contribution in [0.5, 0.6) is 0 Å². The molecule has 0 heterocycles. The van der Waals surface area contributed by atoms with Gasteiger partial charge in [0.25, 0.3) is 0 Å². The lowest BCUT2D eigenvalue weighted by atomic mass is 9.87. The zero-order valence-electron chi connectivity index (χ0n) is 8.08. The average Bonchev–Trinajstić information content (AvgIpc) is 2.62. The van der Waals surface area contributed by atoms with Crippen LogP contribution in [-0.2, 0) is 0 Å². The van der Waals surface area contributed by atoms with Crippen LogP contribution in [0.25, 0.3) is 0 Å². The first-order chi connectivity index (χ1) is 6.18. The Kier molecular flexibility index (Phi) is 2.43. The van der Waals surface area contributed by atoms with Crippen LogP contribution in [0.2, 0.25) is 0 Å². The largest absolute Gasteiger partial charge is 0.390 e. The van der Waals surface area contributed by atoms with Gasteiger partial charge in [-0.2, -0.15) is 0 Å². The van der Waals surface area contributed by atoms with E-state index in [4.69, 9.17) is 5.73 Å². The fourth-order valence-electron chi connectivity index (χ4n) is 2.71. The van der Waals surface area contributed by atoms with Gasteiger partial charge in [-0.1, -0.05) is 12.2 Å². The van der Waals surface area contributed by atoms with Gasteiger partial charge in [0.15, 0.2) is 0 Å². The van der Waals surface area contributed by atoms with Gasteiger partial charge in [0.2, 0.25) is 0 Å². The molecular formula is C11H19NO. The fourth-order valence-corrected chi connectivity index (χ4v) is 2.71. The summed E-state index contributed by atoms with van der Waals surface area (Å²) in [7, 11) is 0. The minimum Gasteiger partial charge on any atom is -0.390 e. The molecule has 2 rings (SSSR count). The van der Waals surface area contributed by atoms with Crippen molar-refractivity contribution in [2.75, 3.05) is 0 Å². The molecule has 2 nitrogen and oxygen atoms in total. The highest BCUT2D eigenvalue weighted by molar-refractivity contribution is 4.99. The molecule has 2 unspecified atom stereocenters. The molecule has 0 radical (unpaired) electrons. The molecule has 0 aliphatic heterocycles. The van der Waals surface area contributed by atoms with E-state index in [1.165, 1.54) is 0 Å². The minimum absolute atomic E-state index is 0.236. The summed E-state index contributed by atoms with van der Waals surface area (Å²) in [5, 5.41) is 10.2. The van der Waals surface area contributed by atoms with E-state index >= 15 is 0 Å². The van der Waals surface area contributed by atoms with Crippen molar-refractivity contribution in [3.63, 3.8) is 0 Å². The molecule has 0 spiro atoms. The van der Waals surface area contributed by atoms with Crippen LogP contribution < -0.4 is 5.73 Å². The van der Waals surface area contributed by atoms with Crippen molar-refractivity contribution in [1.29, 1.82) is 0 Å². The molecule has 0 bridgehead atoms. The van der Waals surface area contributed by atoms with Crippen molar-refractivity contribution in [3.05, 3.63) is 12.2 Å². The summed E-state index contributed by atoms with van der Waals surface area (Å²) >= 11 is 0. The van der Waals surface area contributed by atoms with Gasteiger partial charge in [-0.25, -0.2) is 0 Å². The third-order valence-electron chi connectivity index (χ3n) is 3.40. The molecule has 13 heavy (non-hydrogen) atoms. The Morgan fingerprint density at radius 2 is 2.08 bits per heavy atom. The Bertz CT molecular complexity index is 206. The Hall–Kier alpha value is -0.340. The fraction of sp³-hybridized carbons (Fsp3) is 0.818. The third-order valence-corrected chi connectivity index (χ3v) is 3.40. The first-order valence-corrected chi connectivity index (χ1v) is 5.31. The zero-order valence-corrected chi connectivity index (χ0v) is 8.08.